The van der Waals surface area contributed by atoms with Crippen molar-refractivity contribution < 1.29 is 22.7 Å². The van der Waals surface area contributed by atoms with Gasteiger partial charge in [-0.3, -0.25) is 9.78 Å². The van der Waals surface area contributed by atoms with Gasteiger partial charge in [0.05, 0.1) is 17.6 Å². The number of rotatable bonds is 4. The molecule has 1 saturated heterocycles. The SMILES string of the molecule is CC[C@@H]1COCCC1N[C@@H]1C[C@H]2CCC[C@@]2(C(=O)N2CCc3ncc(C(F)(F)F)cc3C2)C1. The Morgan fingerprint density at radius 3 is 3.00 bits per heavy atom. The zero-order chi connectivity index (χ0) is 23.2. The van der Waals surface area contributed by atoms with Gasteiger partial charge in [-0.2, -0.15) is 13.2 Å². The van der Waals surface area contributed by atoms with Gasteiger partial charge in [0.2, 0.25) is 5.91 Å². The molecule has 0 aromatic carbocycles. The third kappa shape index (κ3) is 4.29. The topological polar surface area (TPSA) is 54.5 Å². The molecule has 3 heterocycles. The quantitative estimate of drug-likeness (QED) is 0.719. The molecule has 5 rings (SSSR count). The Hall–Kier alpha value is -1.67. The largest absolute Gasteiger partial charge is 0.417 e. The summed E-state index contributed by atoms with van der Waals surface area (Å²) >= 11 is 0. The van der Waals surface area contributed by atoms with Crippen LogP contribution >= 0.6 is 0 Å². The van der Waals surface area contributed by atoms with Crippen molar-refractivity contribution in [3.63, 3.8) is 0 Å². The maximum absolute atomic E-state index is 13.9. The molecule has 0 spiro atoms. The molecule has 2 saturated carbocycles. The smallest absolute Gasteiger partial charge is 0.381 e. The monoisotopic (exact) mass is 465 g/mol. The van der Waals surface area contributed by atoms with Crippen molar-refractivity contribution in [1.29, 1.82) is 0 Å². The van der Waals surface area contributed by atoms with Gasteiger partial charge in [-0.25, -0.2) is 0 Å². The molecule has 4 aliphatic rings. The third-order valence-corrected chi connectivity index (χ3v) is 8.67. The maximum atomic E-state index is 13.9. The third-order valence-electron chi connectivity index (χ3n) is 8.67. The summed E-state index contributed by atoms with van der Waals surface area (Å²) in [6, 6.07) is 1.95. The molecule has 3 fully saturated rings. The summed E-state index contributed by atoms with van der Waals surface area (Å²) in [5.74, 6) is 1.03. The number of nitrogens with one attached hydrogen (secondary N) is 1. The highest BCUT2D eigenvalue weighted by molar-refractivity contribution is 5.84. The maximum Gasteiger partial charge on any atom is 0.417 e. The Bertz CT molecular complexity index is 892. The Kier molecular flexibility index (Phi) is 6.18. The van der Waals surface area contributed by atoms with E-state index in [-0.39, 0.29) is 17.9 Å². The molecule has 1 N–H and O–H groups in total. The fraction of sp³-hybridized carbons (Fsp3) is 0.760. The highest BCUT2D eigenvalue weighted by Gasteiger charge is 2.56. The van der Waals surface area contributed by atoms with Crippen LogP contribution in [0.25, 0.3) is 0 Å². The second-order valence-corrected chi connectivity index (χ2v) is 10.5. The number of hydrogen-bond donors (Lipinski definition) is 1. The molecule has 1 aromatic heterocycles. The van der Waals surface area contributed by atoms with E-state index in [1.54, 1.807) is 0 Å². The van der Waals surface area contributed by atoms with Crippen LogP contribution in [0.2, 0.25) is 0 Å². The molecule has 1 unspecified atom stereocenters. The van der Waals surface area contributed by atoms with E-state index in [1.807, 2.05) is 4.90 Å². The predicted octanol–water partition coefficient (Wildman–Crippen LogP) is 4.34. The number of nitrogens with zero attached hydrogens (tertiary/aromatic N) is 2. The van der Waals surface area contributed by atoms with Crippen LogP contribution < -0.4 is 5.32 Å². The van der Waals surface area contributed by atoms with E-state index < -0.39 is 11.7 Å². The molecule has 1 aromatic rings. The number of hydrogen-bond acceptors (Lipinski definition) is 4. The van der Waals surface area contributed by atoms with Crippen LogP contribution in [0.15, 0.2) is 12.3 Å². The first-order chi connectivity index (χ1) is 15.8. The van der Waals surface area contributed by atoms with E-state index in [0.717, 1.165) is 64.4 Å². The van der Waals surface area contributed by atoms with Crippen molar-refractivity contribution >= 4 is 5.91 Å². The Labute approximate surface area is 193 Å². The molecular weight excluding hydrogens is 431 g/mol. The van der Waals surface area contributed by atoms with E-state index in [4.69, 9.17) is 4.74 Å². The van der Waals surface area contributed by atoms with Gasteiger partial charge in [0, 0.05) is 50.1 Å². The first-order valence-corrected chi connectivity index (χ1v) is 12.5. The molecular formula is C25H34F3N3O2. The van der Waals surface area contributed by atoms with E-state index in [1.165, 1.54) is 6.07 Å². The van der Waals surface area contributed by atoms with Gasteiger partial charge < -0.3 is 15.0 Å². The van der Waals surface area contributed by atoms with Gasteiger partial charge in [-0.1, -0.05) is 13.3 Å². The summed E-state index contributed by atoms with van der Waals surface area (Å²) in [6.07, 6.45) is 3.98. The number of carbonyl (C=O) groups excluding carboxylic acids is 1. The van der Waals surface area contributed by atoms with Gasteiger partial charge >= 0.3 is 6.18 Å². The molecule has 5 atom stereocenters. The number of amides is 1. The van der Waals surface area contributed by atoms with Gasteiger partial charge in [0.15, 0.2) is 0 Å². The molecule has 0 radical (unpaired) electrons. The second-order valence-electron chi connectivity index (χ2n) is 10.5. The summed E-state index contributed by atoms with van der Waals surface area (Å²) in [6.45, 7) is 4.56. The second kappa shape index (κ2) is 8.84. The number of ether oxygens (including phenoxy) is 1. The van der Waals surface area contributed by atoms with Crippen molar-refractivity contribution in [3.05, 3.63) is 29.1 Å². The van der Waals surface area contributed by atoms with E-state index in [9.17, 15) is 18.0 Å². The van der Waals surface area contributed by atoms with E-state index >= 15 is 0 Å². The zero-order valence-corrected chi connectivity index (χ0v) is 19.3. The summed E-state index contributed by atoms with van der Waals surface area (Å²) in [5, 5.41) is 3.88. The molecule has 1 amide bonds. The molecule has 5 nitrogen and oxygen atoms in total. The number of aromatic nitrogens is 1. The lowest BCUT2D eigenvalue weighted by molar-refractivity contribution is -0.144. The van der Waals surface area contributed by atoms with Gasteiger partial charge in [-0.15, -0.1) is 0 Å². The lowest BCUT2D eigenvalue weighted by atomic mass is 9.78. The first-order valence-electron chi connectivity index (χ1n) is 12.5. The van der Waals surface area contributed by atoms with Crippen LogP contribution in [0.3, 0.4) is 0 Å². The number of fused-ring (bicyclic) bond motifs is 2. The van der Waals surface area contributed by atoms with Crippen LogP contribution in [0.5, 0.6) is 0 Å². The number of alkyl halides is 3. The minimum Gasteiger partial charge on any atom is -0.381 e. The predicted molar refractivity (Wildman–Crippen MR) is 117 cm³/mol. The Balaban J connectivity index is 1.31. The minimum atomic E-state index is -4.42. The van der Waals surface area contributed by atoms with Crippen molar-refractivity contribution in [2.75, 3.05) is 19.8 Å². The van der Waals surface area contributed by atoms with Gasteiger partial charge in [-0.05, 0) is 62.0 Å². The summed E-state index contributed by atoms with van der Waals surface area (Å²) < 4.78 is 45.2. The molecule has 2 aliphatic carbocycles. The normalized spacial score (nSPS) is 34.2. The highest BCUT2D eigenvalue weighted by Crippen LogP contribution is 2.55. The summed E-state index contributed by atoms with van der Waals surface area (Å²) in [7, 11) is 0. The molecule has 33 heavy (non-hydrogen) atoms. The zero-order valence-electron chi connectivity index (χ0n) is 19.3. The van der Waals surface area contributed by atoms with Crippen LogP contribution in [0.1, 0.15) is 68.7 Å². The van der Waals surface area contributed by atoms with Crippen LogP contribution in [-0.2, 0) is 28.7 Å². The number of halogens is 3. The summed E-state index contributed by atoms with van der Waals surface area (Å²) in [5.41, 5.74) is 0.121. The summed E-state index contributed by atoms with van der Waals surface area (Å²) in [4.78, 5) is 19.8. The van der Waals surface area contributed by atoms with Crippen LogP contribution in [0.4, 0.5) is 13.2 Å². The molecule has 0 bridgehead atoms. The molecule has 8 heteroatoms. The average molecular weight is 466 g/mol. The molecule has 182 valence electrons. The van der Waals surface area contributed by atoms with Crippen molar-refractivity contribution in [3.8, 4) is 0 Å². The van der Waals surface area contributed by atoms with Crippen LogP contribution in [0, 0.1) is 17.3 Å². The van der Waals surface area contributed by atoms with Gasteiger partial charge in [0.25, 0.3) is 0 Å². The van der Waals surface area contributed by atoms with Crippen molar-refractivity contribution in [2.24, 2.45) is 17.3 Å². The Morgan fingerprint density at radius 2 is 2.21 bits per heavy atom. The number of pyridine rings is 1. The van der Waals surface area contributed by atoms with Gasteiger partial charge in [0.1, 0.15) is 0 Å². The lowest BCUT2D eigenvalue weighted by Crippen LogP contribution is -2.48. The minimum absolute atomic E-state index is 0.149. The van der Waals surface area contributed by atoms with Crippen molar-refractivity contribution in [2.45, 2.75) is 83.1 Å². The van der Waals surface area contributed by atoms with Crippen molar-refractivity contribution in [1.82, 2.24) is 15.2 Å². The lowest BCUT2D eigenvalue weighted by Gasteiger charge is -2.38. The Morgan fingerprint density at radius 1 is 1.36 bits per heavy atom. The fourth-order valence-electron chi connectivity index (χ4n) is 6.91. The van der Waals surface area contributed by atoms with E-state index in [2.05, 4.69) is 17.2 Å². The first kappa shape index (κ1) is 23.1. The highest BCUT2D eigenvalue weighted by atomic mass is 19.4. The number of carbonyl (C=O) groups is 1. The van der Waals surface area contributed by atoms with E-state index in [0.29, 0.717) is 48.1 Å². The fourth-order valence-corrected chi connectivity index (χ4v) is 6.91. The standard InChI is InChI=1S/C25H34F3N3O2/c1-2-16-15-33-9-6-22(16)30-20-11-18-4-3-7-24(18,12-20)23(32)31-8-5-21-17(14-31)10-19(13-29-21)25(26,27)28/h10,13,16,18,20,22,30H,2-9,11-12,14-15H2,1H3/t16-,18-,20-,22?,24-/m1/s1. The van der Waals surface area contributed by atoms with Crippen LogP contribution in [-0.4, -0.2) is 47.6 Å². The average Bonchev–Trinajstić information content (AvgIpc) is 3.35. The molecule has 2 aliphatic heterocycles.